The lowest BCUT2D eigenvalue weighted by molar-refractivity contribution is 0.282. The van der Waals surface area contributed by atoms with E-state index in [-0.39, 0.29) is 6.61 Å². The Bertz CT molecular complexity index is 224. The summed E-state index contributed by atoms with van der Waals surface area (Å²) in [6.07, 6.45) is 0. The maximum absolute atomic E-state index is 8.71. The van der Waals surface area contributed by atoms with Crippen LogP contribution in [0.2, 0.25) is 4.34 Å². The molecule has 10 heavy (non-hydrogen) atoms. The molecule has 0 spiro atoms. The fraction of sp³-hybridized carbons (Fsp3) is 0.333. The van der Waals surface area contributed by atoms with Crippen LogP contribution in [0.15, 0.2) is 6.07 Å². The van der Waals surface area contributed by atoms with Crippen LogP contribution in [0.3, 0.4) is 0 Å². The molecule has 0 radical (unpaired) electrons. The topological polar surface area (TPSA) is 46.2 Å². The largest absolute Gasteiger partial charge is 0.392 e. The van der Waals surface area contributed by atoms with Crippen LogP contribution in [-0.4, -0.2) is 5.11 Å². The van der Waals surface area contributed by atoms with Gasteiger partial charge in [0.15, 0.2) is 0 Å². The van der Waals surface area contributed by atoms with E-state index in [9.17, 15) is 0 Å². The lowest BCUT2D eigenvalue weighted by Gasteiger charge is -1.85. The first-order valence-corrected chi connectivity index (χ1v) is 4.05. The van der Waals surface area contributed by atoms with Crippen LogP contribution in [-0.2, 0) is 13.2 Å². The van der Waals surface area contributed by atoms with Crippen molar-refractivity contribution in [1.29, 1.82) is 0 Å². The number of rotatable bonds is 2. The third kappa shape index (κ3) is 1.49. The van der Waals surface area contributed by atoms with Crippen LogP contribution >= 0.6 is 22.9 Å². The van der Waals surface area contributed by atoms with Gasteiger partial charge in [0, 0.05) is 17.0 Å². The van der Waals surface area contributed by atoms with E-state index in [1.807, 2.05) is 6.07 Å². The molecular weight excluding hydrogens is 170 g/mol. The van der Waals surface area contributed by atoms with Gasteiger partial charge in [0.1, 0.15) is 0 Å². The summed E-state index contributed by atoms with van der Waals surface area (Å²) < 4.78 is 0.642. The van der Waals surface area contributed by atoms with Crippen molar-refractivity contribution in [2.45, 2.75) is 13.2 Å². The molecule has 0 atom stereocenters. The Morgan fingerprint density at radius 1 is 1.70 bits per heavy atom. The number of halogens is 1. The second-order valence-electron chi connectivity index (χ2n) is 1.87. The molecule has 0 aliphatic rings. The normalized spacial score (nSPS) is 10.3. The zero-order valence-electron chi connectivity index (χ0n) is 5.30. The summed E-state index contributed by atoms with van der Waals surface area (Å²) in [4.78, 5) is 1.01. The molecule has 2 nitrogen and oxygen atoms in total. The predicted molar refractivity (Wildman–Crippen MR) is 43.1 cm³/mol. The van der Waals surface area contributed by atoms with E-state index >= 15 is 0 Å². The molecule has 1 aromatic rings. The van der Waals surface area contributed by atoms with E-state index in [1.54, 1.807) is 0 Å². The van der Waals surface area contributed by atoms with Gasteiger partial charge in [0.05, 0.1) is 10.9 Å². The minimum absolute atomic E-state index is 0.00463. The molecule has 1 aromatic heterocycles. The smallest absolute Gasteiger partial charge is 0.0986 e. The number of aliphatic hydroxyl groups excluding tert-OH is 1. The fourth-order valence-corrected chi connectivity index (χ4v) is 1.85. The molecule has 0 fully saturated rings. The molecule has 3 N–H and O–H groups in total. The Labute approximate surface area is 68.2 Å². The molecule has 0 aliphatic heterocycles. The predicted octanol–water partition coefficient (Wildman–Crippen LogP) is 1.35. The van der Waals surface area contributed by atoms with Crippen LogP contribution in [0.4, 0.5) is 0 Å². The summed E-state index contributed by atoms with van der Waals surface area (Å²) in [6.45, 7) is 0.486. The van der Waals surface area contributed by atoms with E-state index in [1.165, 1.54) is 11.3 Å². The molecule has 0 saturated carbocycles. The Morgan fingerprint density at radius 3 is 2.70 bits per heavy atom. The molecule has 0 amide bonds. The Balaban J connectivity index is 2.92. The average molecular weight is 178 g/mol. The van der Waals surface area contributed by atoms with Gasteiger partial charge in [0.2, 0.25) is 0 Å². The van der Waals surface area contributed by atoms with Crippen LogP contribution in [0.1, 0.15) is 10.4 Å². The highest BCUT2D eigenvalue weighted by Crippen LogP contribution is 2.26. The first-order chi connectivity index (χ1) is 4.77. The van der Waals surface area contributed by atoms with Crippen molar-refractivity contribution in [3.63, 3.8) is 0 Å². The van der Waals surface area contributed by atoms with Crippen molar-refractivity contribution in [3.8, 4) is 0 Å². The van der Waals surface area contributed by atoms with Crippen LogP contribution in [0.5, 0.6) is 0 Å². The second-order valence-corrected chi connectivity index (χ2v) is 3.61. The molecule has 0 aromatic carbocycles. The van der Waals surface area contributed by atoms with Crippen LogP contribution in [0, 0.1) is 0 Å². The zero-order chi connectivity index (χ0) is 7.56. The van der Waals surface area contributed by atoms with Crippen molar-refractivity contribution in [2.24, 2.45) is 5.73 Å². The van der Waals surface area contributed by atoms with Gasteiger partial charge in [0.25, 0.3) is 0 Å². The summed E-state index contributed by atoms with van der Waals surface area (Å²) in [6, 6.07) is 1.83. The lowest BCUT2D eigenvalue weighted by Crippen LogP contribution is -1.91. The summed E-state index contributed by atoms with van der Waals surface area (Å²) >= 11 is 7.15. The molecule has 0 unspecified atom stereocenters. The van der Waals surface area contributed by atoms with E-state index < -0.39 is 0 Å². The molecule has 0 aliphatic carbocycles. The van der Waals surface area contributed by atoms with Gasteiger partial charge < -0.3 is 10.8 Å². The van der Waals surface area contributed by atoms with E-state index in [2.05, 4.69) is 0 Å². The summed E-state index contributed by atoms with van der Waals surface area (Å²) in [5, 5.41) is 8.71. The third-order valence-electron chi connectivity index (χ3n) is 1.18. The highest BCUT2D eigenvalue weighted by atomic mass is 35.5. The third-order valence-corrected chi connectivity index (χ3v) is 2.64. The number of thiophene rings is 1. The van der Waals surface area contributed by atoms with Gasteiger partial charge in [-0.2, -0.15) is 0 Å². The molecule has 0 saturated heterocycles. The molecular formula is C6H8ClNOS. The first kappa shape index (κ1) is 8.01. The monoisotopic (exact) mass is 177 g/mol. The van der Waals surface area contributed by atoms with Crippen LogP contribution in [0.25, 0.3) is 0 Å². The molecule has 1 rings (SSSR count). The van der Waals surface area contributed by atoms with Gasteiger partial charge in [-0.05, 0) is 6.07 Å². The maximum Gasteiger partial charge on any atom is 0.0986 e. The number of hydrogen-bond acceptors (Lipinski definition) is 3. The SMILES string of the molecule is NCc1cc(CO)c(Cl)s1. The maximum atomic E-state index is 8.71. The Hall–Kier alpha value is -0.0900. The lowest BCUT2D eigenvalue weighted by atomic mass is 10.3. The van der Waals surface area contributed by atoms with Crippen molar-refractivity contribution in [3.05, 3.63) is 20.8 Å². The molecule has 0 bridgehead atoms. The van der Waals surface area contributed by atoms with E-state index in [4.69, 9.17) is 22.4 Å². The fourth-order valence-electron chi connectivity index (χ4n) is 0.670. The summed E-state index contributed by atoms with van der Waals surface area (Å²) in [7, 11) is 0. The quantitative estimate of drug-likeness (QED) is 0.717. The summed E-state index contributed by atoms with van der Waals surface area (Å²) in [5.41, 5.74) is 6.13. The van der Waals surface area contributed by atoms with Crippen LogP contribution < -0.4 is 5.73 Å². The highest BCUT2D eigenvalue weighted by Gasteiger charge is 2.03. The Kier molecular flexibility index (Phi) is 2.68. The summed E-state index contributed by atoms with van der Waals surface area (Å²) in [5.74, 6) is 0. The van der Waals surface area contributed by atoms with E-state index in [0.717, 1.165) is 10.4 Å². The molecule has 4 heteroatoms. The minimum atomic E-state index is -0.00463. The first-order valence-electron chi connectivity index (χ1n) is 2.86. The Morgan fingerprint density at radius 2 is 2.40 bits per heavy atom. The minimum Gasteiger partial charge on any atom is -0.392 e. The van der Waals surface area contributed by atoms with Gasteiger partial charge in [-0.25, -0.2) is 0 Å². The standard InChI is InChI=1S/C6H8ClNOS/c7-6-4(3-9)1-5(2-8)10-6/h1,9H,2-3,8H2. The highest BCUT2D eigenvalue weighted by molar-refractivity contribution is 7.16. The van der Waals surface area contributed by atoms with Gasteiger partial charge in [-0.3, -0.25) is 0 Å². The van der Waals surface area contributed by atoms with Crippen molar-refractivity contribution in [1.82, 2.24) is 0 Å². The van der Waals surface area contributed by atoms with Gasteiger partial charge in [-0.15, -0.1) is 11.3 Å². The zero-order valence-corrected chi connectivity index (χ0v) is 6.87. The number of aliphatic hydroxyl groups is 1. The number of hydrogen-bond donors (Lipinski definition) is 2. The number of nitrogens with two attached hydrogens (primary N) is 1. The van der Waals surface area contributed by atoms with Gasteiger partial charge >= 0.3 is 0 Å². The molecule has 1 heterocycles. The van der Waals surface area contributed by atoms with Crippen molar-refractivity contribution >= 4 is 22.9 Å². The van der Waals surface area contributed by atoms with E-state index in [0.29, 0.717) is 10.9 Å². The van der Waals surface area contributed by atoms with Crippen molar-refractivity contribution < 1.29 is 5.11 Å². The second kappa shape index (κ2) is 3.34. The van der Waals surface area contributed by atoms with Crippen molar-refractivity contribution in [2.75, 3.05) is 0 Å². The van der Waals surface area contributed by atoms with Gasteiger partial charge in [-0.1, -0.05) is 11.6 Å². The molecule has 56 valence electrons. The average Bonchev–Trinajstić information content (AvgIpc) is 2.30.